The van der Waals surface area contributed by atoms with Crippen LogP contribution in [0.15, 0.2) is 72.8 Å². The molecule has 4 rings (SSSR count). The van der Waals surface area contributed by atoms with E-state index in [-0.39, 0.29) is 6.17 Å². The first kappa shape index (κ1) is 22.2. The van der Waals surface area contributed by atoms with Crippen LogP contribution in [0.5, 0.6) is 17.2 Å². The van der Waals surface area contributed by atoms with E-state index in [1.54, 1.807) is 21.3 Å². The normalized spacial score (nSPS) is 15.5. The van der Waals surface area contributed by atoms with E-state index in [9.17, 15) is 0 Å². The van der Waals surface area contributed by atoms with Gasteiger partial charge in [-0.2, -0.15) is 0 Å². The first-order valence-corrected chi connectivity index (χ1v) is 11.1. The van der Waals surface area contributed by atoms with Gasteiger partial charge in [0.15, 0.2) is 11.5 Å². The van der Waals surface area contributed by atoms with Gasteiger partial charge in [-0.05, 0) is 29.7 Å². The Hall–Kier alpha value is -3.02. The molecule has 0 atom stereocenters. The Morgan fingerprint density at radius 2 is 1.19 bits per heavy atom. The molecule has 1 aliphatic heterocycles. The minimum absolute atomic E-state index is 0.0546. The van der Waals surface area contributed by atoms with Gasteiger partial charge in [0.1, 0.15) is 0 Å². The van der Waals surface area contributed by atoms with Crippen LogP contribution in [-0.2, 0) is 13.1 Å². The van der Waals surface area contributed by atoms with E-state index in [0.29, 0.717) is 11.5 Å². The predicted octanol–water partition coefficient (Wildman–Crippen LogP) is 5.12. The average Bonchev–Trinajstić information content (AvgIpc) is 2.84. The lowest BCUT2D eigenvalue weighted by Gasteiger charge is -2.45. The van der Waals surface area contributed by atoms with Crippen LogP contribution < -0.4 is 14.2 Å². The monoisotopic (exact) mass is 432 g/mol. The van der Waals surface area contributed by atoms with Gasteiger partial charge in [-0.1, -0.05) is 60.7 Å². The Bertz CT molecular complexity index is 945. The molecule has 1 aliphatic rings. The molecular formula is C27H32N2O3. The summed E-state index contributed by atoms with van der Waals surface area (Å²) in [5.74, 6) is 2.04. The fraction of sp³-hybridized carbons (Fsp3) is 0.333. The first-order chi connectivity index (χ1) is 15.7. The van der Waals surface area contributed by atoms with Crippen molar-refractivity contribution in [1.29, 1.82) is 0 Å². The first-order valence-electron chi connectivity index (χ1n) is 11.1. The van der Waals surface area contributed by atoms with Gasteiger partial charge in [0, 0.05) is 31.7 Å². The summed E-state index contributed by atoms with van der Waals surface area (Å²) in [5.41, 5.74) is 3.70. The molecule has 0 unspecified atom stereocenters. The van der Waals surface area contributed by atoms with E-state index in [2.05, 4.69) is 76.5 Å². The minimum Gasteiger partial charge on any atom is -0.493 e. The van der Waals surface area contributed by atoms with Crippen LogP contribution in [0, 0.1) is 0 Å². The lowest BCUT2D eigenvalue weighted by molar-refractivity contribution is -0.0105. The van der Waals surface area contributed by atoms with Crippen LogP contribution in [0.25, 0.3) is 0 Å². The maximum Gasteiger partial charge on any atom is 0.203 e. The molecule has 168 valence electrons. The quantitative estimate of drug-likeness (QED) is 0.494. The lowest BCUT2D eigenvalue weighted by atomic mass is 10.0. The van der Waals surface area contributed by atoms with Crippen molar-refractivity contribution in [2.75, 3.05) is 34.4 Å². The van der Waals surface area contributed by atoms with Crippen molar-refractivity contribution in [1.82, 2.24) is 9.80 Å². The van der Waals surface area contributed by atoms with Crippen LogP contribution in [0.1, 0.15) is 29.3 Å². The zero-order valence-corrected chi connectivity index (χ0v) is 19.2. The topological polar surface area (TPSA) is 34.2 Å². The molecule has 1 saturated heterocycles. The molecule has 1 fully saturated rings. The zero-order chi connectivity index (χ0) is 22.3. The standard InChI is InChI=1S/C27H32N2O3/c1-30-24-16-15-23(25(31-2)26(24)32-3)27-28(19-21-11-6-4-7-12-21)17-10-18-29(27)20-22-13-8-5-9-14-22/h4-9,11-16,27H,10,17-20H2,1-3H3. The molecule has 0 amide bonds. The van der Waals surface area contributed by atoms with Gasteiger partial charge in [0.05, 0.1) is 27.5 Å². The minimum atomic E-state index is 0.0546. The zero-order valence-electron chi connectivity index (χ0n) is 19.2. The van der Waals surface area contributed by atoms with Crippen LogP contribution in [-0.4, -0.2) is 44.2 Å². The Labute approximate surface area is 191 Å². The van der Waals surface area contributed by atoms with E-state index in [4.69, 9.17) is 14.2 Å². The summed E-state index contributed by atoms with van der Waals surface area (Å²) in [7, 11) is 5.02. The highest BCUT2D eigenvalue weighted by Gasteiger charge is 2.34. The number of hydrogen-bond acceptors (Lipinski definition) is 5. The third-order valence-corrected chi connectivity index (χ3v) is 6.05. The second kappa shape index (κ2) is 10.5. The highest BCUT2D eigenvalue weighted by atomic mass is 16.5. The van der Waals surface area contributed by atoms with E-state index in [1.165, 1.54) is 11.1 Å². The molecule has 32 heavy (non-hydrogen) atoms. The summed E-state index contributed by atoms with van der Waals surface area (Å²) in [6, 6.07) is 25.4. The molecule has 0 saturated carbocycles. The van der Waals surface area contributed by atoms with Crippen LogP contribution in [0.2, 0.25) is 0 Å². The number of ether oxygens (including phenoxy) is 3. The van der Waals surface area contributed by atoms with Gasteiger partial charge in [0.2, 0.25) is 5.75 Å². The van der Waals surface area contributed by atoms with Crippen molar-refractivity contribution in [2.24, 2.45) is 0 Å². The molecule has 3 aromatic carbocycles. The van der Waals surface area contributed by atoms with Crippen molar-refractivity contribution >= 4 is 0 Å². The molecule has 0 spiro atoms. The summed E-state index contributed by atoms with van der Waals surface area (Å²) in [4.78, 5) is 5.07. The molecule has 0 N–H and O–H groups in total. The van der Waals surface area contributed by atoms with Gasteiger partial charge < -0.3 is 14.2 Å². The molecule has 0 radical (unpaired) electrons. The number of benzene rings is 3. The molecule has 0 aliphatic carbocycles. The van der Waals surface area contributed by atoms with E-state index in [0.717, 1.165) is 43.9 Å². The van der Waals surface area contributed by atoms with Crippen molar-refractivity contribution < 1.29 is 14.2 Å². The van der Waals surface area contributed by atoms with Crippen LogP contribution in [0.3, 0.4) is 0 Å². The second-order valence-electron chi connectivity index (χ2n) is 8.06. The van der Waals surface area contributed by atoms with Crippen molar-refractivity contribution in [2.45, 2.75) is 25.7 Å². The summed E-state index contributed by atoms with van der Waals surface area (Å²) >= 11 is 0. The van der Waals surface area contributed by atoms with Gasteiger partial charge >= 0.3 is 0 Å². The van der Waals surface area contributed by atoms with Crippen LogP contribution in [0.4, 0.5) is 0 Å². The number of nitrogens with zero attached hydrogens (tertiary/aromatic N) is 2. The largest absolute Gasteiger partial charge is 0.493 e. The summed E-state index contributed by atoms with van der Waals surface area (Å²) in [5, 5.41) is 0. The van der Waals surface area contributed by atoms with E-state index in [1.807, 2.05) is 6.07 Å². The van der Waals surface area contributed by atoms with E-state index < -0.39 is 0 Å². The molecular weight excluding hydrogens is 400 g/mol. The maximum absolute atomic E-state index is 5.90. The van der Waals surface area contributed by atoms with Crippen molar-refractivity contribution in [3.8, 4) is 17.2 Å². The highest BCUT2D eigenvalue weighted by molar-refractivity contribution is 5.56. The predicted molar refractivity (Wildman–Crippen MR) is 127 cm³/mol. The fourth-order valence-electron chi connectivity index (χ4n) is 4.64. The average molecular weight is 433 g/mol. The third-order valence-electron chi connectivity index (χ3n) is 6.05. The van der Waals surface area contributed by atoms with E-state index >= 15 is 0 Å². The molecule has 0 bridgehead atoms. The summed E-state index contributed by atoms with van der Waals surface area (Å²) in [6.45, 7) is 3.77. The molecule has 5 heteroatoms. The Balaban J connectivity index is 1.76. The smallest absolute Gasteiger partial charge is 0.203 e. The number of methoxy groups -OCH3 is 3. The van der Waals surface area contributed by atoms with Crippen LogP contribution >= 0.6 is 0 Å². The number of rotatable bonds is 8. The van der Waals surface area contributed by atoms with Crippen molar-refractivity contribution in [3.05, 3.63) is 89.5 Å². The second-order valence-corrected chi connectivity index (χ2v) is 8.06. The summed E-state index contributed by atoms with van der Waals surface area (Å²) in [6.07, 6.45) is 1.17. The summed E-state index contributed by atoms with van der Waals surface area (Å²) < 4.78 is 17.1. The van der Waals surface area contributed by atoms with Gasteiger partial charge in [-0.3, -0.25) is 9.80 Å². The van der Waals surface area contributed by atoms with Gasteiger partial charge in [-0.15, -0.1) is 0 Å². The molecule has 3 aromatic rings. The van der Waals surface area contributed by atoms with Gasteiger partial charge in [0.25, 0.3) is 0 Å². The Morgan fingerprint density at radius 1 is 0.656 bits per heavy atom. The highest BCUT2D eigenvalue weighted by Crippen LogP contribution is 2.45. The fourth-order valence-corrected chi connectivity index (χ4v) is 4.64. The Kier molecular flexibility index (Phi) is 7.30. The Morgan fingerprint density at radius 3 is 1.66 bits per heavy atom. The molecule has 1 heterocycles. The molecule has 0 aromatic heterocycles. The SMILES string of the molecule is COc1ccc(C2N(Cc3ccccc3)CCCN2Cc2ccccc2)c(OC)c1OC. The maximum atomic E-state index is 5.90. The third kappa shape index (κ3) is 4.74. The van der Waals surface area contributed by atoms with Gasteiger partial charge in [-0.25, -0.2) is 0 Å². The molecule has 5 nitrogen and oxygen atoms in total. The van der Waals surface area contributed by atoms with Crippen molar-refractivity contribution in [3.63, 3.8) is 0 Å². The lowest BCUT2D eigenvalue weighted by Crippen LogP contribution is -2.47. The number of hydrogen-bond donors (Lipinski definition) is 0.